The van der Waals surface area contributed by atoms with Crippen molar-refractivity contribution in [2.24, 2.45) is 0 Å². The molecule has 0 radical (unpaired) electrons. The lowest BCUT2D eigenvalue weighted by molar-refractivity contribution is -0.0542. The topological polar surface area (TPSA) is 110 Å². The van der Waals surface area contributed by atoms with Gasteiger partial charge in [-0.05, 0) is 30.7 Å². The molecule has 1 aromatic heterocycles. The van der Waals surface area contributed by atoms with Crippen LogP contribution in [0.5, 0.6) is 0 Å². The molecule has 3 aromatic carbocycles. The second kappa shape index (κ2) is 8.63. The van der Waals surface area contributed by atoms with Crippen molar-refractivity contribution < 1.29 is 19.8 Å². The largest absolute Gasteiger partial charge is 0.465 e. The van der Waals surface area contributed by atoms with E-state index in [9.17, 15) is 19.8 Å². The molecular formula is C27H22N4O4. The van der Waals surface area contributed by atoms with Crippen LogP contribution in [0.4, 0.5) is 10.7 Å². The Morgan fingerprint density at radius 2 is 1.86 bits per heavy atom. The van der Waals surface area contributed by atoms with Crippen molar-refractivity contribution in [2.45, 2.75) is 19.2 Å². The molecule has 8 nitrogen and oxygen atoms in total. The van der Waals surface area contributed by atoms with Gasteiger partial charge in [0.2, 0.25) is 5.95 Å². The molecule has 0 saturated carbocycles. The van der Waals surface area contributed by atoms with Crippen LogP contribution in [0.2, 0.25) is 0 Å². The smallest absolute Gasteiger partial charge is 0.415 e. The van der Waals surface area contributed by atoms with E-state index < -0.39 is 11.8 Å². The molecule has 1 aliphatic rings. The number of imidazole rings is 1. The van der Waals surface area contributed by atoms with E-state index in [1.165, 1.54) is 4.90 Å². The monoisotopic (exact) mass is 466 g/mol. The SMILES string of the molecule is CC#CCN(C(=O)O)c1nc2ccc(C3(O)c4ccccc4C(=O)N3Cc3ccccc3)cc2[nH]1. The molecule has 174 valence electrons. The van der Waals surface area contributed by atoms with E-state index >= 15 is 0 Å². The number of anilines is 1. The Morgan fingerprint density at radius 3 is 2.60 bits per heavy atom. The molecule has 35 heavy (non-hydrogen) atoms. The summed E-state index contributed by atoms with van der Waals surface area (Å²) in [6, 6.07) is 21.6. The van der Waals surface area contributed by atoms with Crippen molar-refractivity contribution in [3.8, 4) is 11.8 Å². The molecule has 4 aromatic rings. The van der Waals surface area contributed by atoms with E-state index in [1.54, 1.807) is 49.4 Å². The lowest BCUT2D eigenvalue weighted by Crippen LogP contribution is -2.44. The number of hydrogen-bond donors (Lipinski definition) is 3. The fraction of sp³-hybridized carbons (Fsp3) is 0.148. The molecule has 0 saturated heterocycles. The normalized spacial score (nSPS) is 16.6. The minimum atomic E-state index is -1.72. The number of fused-ring (bicyclic) bond motifs is 2. The summed E-state index contributed by atoms with van der Waals surface area (Å²) in [4.78, 5) is 35.0. The molecule has 1 unspecified atom stereocenters. The third-order valence-corrected chi connectivity index (χ3v) is 6.12. The van der Waals surface area contributed by atoms with E-state index in [1.807, 2.05) is 30.3 Å². The first-order chi connectivity index (χ1) is 16.9. The second-order valence-electron chi connectivity index (χ2n) is 8.18. The van der Waals surface area contributed by atoms with Gasteiger partial charge in [-0.25, -0.2) is 14.7 Å². The van der Waals surface area contributed by atoms with Crippen molar-refractivity contribution in [3.63, 3.8) is 0 Å². The zero-order chi connectivity index (χ0) is 24.6. The average Bonchev–Trinajstić information content (AvgIpc) is 3.38. The lowest BCUT2D eigenvalue weighted by atomic mass is 9.93. The number of hydrogen-bond acceptors (Lipinski definition) is 4. The Labute approximate surface area is 201 Å². The van der Waals surface area contributed by atoms with Crippen LogP contribution in [0, 0.1) is 11.8 Å². The number of carbonyl (C=O) groups excluding carboxylic acids is 1. The van der Waals surface area contributed by atoms with Gasteiger partial charge in [-0.2, -0.15) is 0 Å². The minimum Gasteiger partial charge on any atom is -0.465 e. The predicted octanol–water partition coefficient (Wildman–Crippen LogP) is 3.92. The van der Waals surface area contributed by atoms with Crippen molar-refractivity contribution in [3.05, 3.63) is 95.1 Å². The van der Waals surface area contributed by atoms with Crippen LogP contribution in [0.1, 0.15) is 34.0 Å². The first-order valence-electron chi connectivity index (χ1n) is 11.0. The summed E-state index contributed by atoms with van der Waals surface area (Å²) < 4.78 is 0. The highest BCUT2D eigenvalue weighted by molar-refractivity contribution is 6.00. The summed E-state index contributed by atoms with van der Waals surface area (Å²) in [7, 11) is 0. The van der Waals surface area contributed by atoms with Crippen molar-refractivity contribution in [1.82, 2.24) is 14.9 Å². The van der Waals surface area contributed by atoms with Crippen LogP contribution < -0.4 is 4.90 Å². The maximum Gasteiger partial charge on any atom is 0.415 e. The fourth-order valence-corrected chi connectivity index (χ4v) is 4.41. The highest BCUT2D eigenvalue weighted by Crippen LogP contribution is 2.43. The van der Waals surface area contributed by atoms with Gasteiger partial charge in [0, 0.05) is 23.2 Å². The van der Waals surface area contributed by atoms with Gasteiger partial charge in [-0.15, -0.1) is 5.92 Å². The number of nitrogens with zero attached hydrogens (tertiary/aromatic N) is 3. The summed E-state index contributed by atoms with van der Waals surface area (Å²) in [5.74, 6) is 5.27. The summed E-state index contributed by atoms with van der Waals surface area (Å²) in [6.07, 6.45) is -1.19. The number of nitrogens with one attached hydrogen (secondary N) is 1. The molecular weight excluding hydrogens is 444 g/mol. The van der Waals surface area contributed by atoms with E-state index in [0.29, 0.717) is 27.7 Å². The Balaban J connectivity index is 1.61. The number of carbonyl (C=O) groups is 2. The van der Waals surface area contributed by atoms with Gasteiger partial charge < -0.3 is 15.2 Å². The standard InChI is InChI=1S/C27H22N4O4/c1-2-3-15-30(26(33)34)25-28-22-14-13-19(16-23(22)29-25)27(35)21-12-8-7-11-20(21)24(32)31(27)17-18-9-5-4-6-10-18/h4-14,16,35H,15,17H2,1H3,(H,28,29)(H,33,34). The number of amides is 2. The number of benzene rings is 3. The molecule has 2 heterocycles. The quantitative estimate of drug-likeness (QED) is 0.386. The average molecular weight is 466 g/mol. The predicted molar refractivity (Wildman–Crippen MR) is 131 cm³/mol. The van der Waals surface area contributed by atoms with Crippen LogP contribution in [0.3, 0.4) is 0 Å². The number of aromatic nitrogens is 2. The van der Waals surface area contributed by atoms with Gasteiger partial charge in [0.15, 0.2) is 5.72 Å². The Hall–Kier alpha value is -4.61. The van der Waals surface area contributed by atoms with Crippen molar-refractivity contribution in [1.29, 1.82) is 0 Å². The van der Waals surface area contributed by atoms with Crippen molar-refractivity contribution in [2.75, 3.05) is 11.4 Å². The number of aliphatic hydroxyl groups is 1. The summed E-state index contributed by atoms with van der Waals surface area (Å²) >= 11 is 0. The van der Waals surface area contributed by atoms with Gasteiger partial charge in [0.1, 0.15) is 0 Å². The van der Waals surface area contributed by atoms with Crippen LogP contribution in [-0.4, -0.2) is 43.6 Å². The fourth-order valence-electron chi connectivity index (χ4n) is 4.41. The second-order valence-corrected chi connectivity index (χ2v) is 8.18. The van der Waals surface area contributed by atoms with Gasteiger partial charge in [-0.3, -0.25) is 9.69 Å². The minimum absolute atomic E-state index is 0.0326. The van der Waals surface area contributed by atoms with Gasteiger partial charge in [0.25, 0.3) is 5.91 Å². The van der Waals surface area contributed by atoms with Crippen LogP contribution in [-0.2, 0) is 12.3 Å². The molecule has 1 aliphatic heterocycles. The molecule has 0 aliphatic carbocycles. The highest BCUT2D eigenvalue weighted by atomic mass is 16.4. The first kappa shape index (κ1) is 22.2. The maximum atomic E-state index is 13.4. The van der Waals surface area contributed by atoms with Crippen LogP contribution in [0.15, 0.2) is 72.8 Å². The third-order valence-electron chi connectivity index (χ3n) is 6.12. The lowest BCUT2D eigenvalue weighted by Gasteiger charge is -2.35. The molecule has 3 N–H and O–H groups in total. The number of aromatic amines is 1. The Bertz CT molecular complexity index is 1500. The van der Waals surface area contributed by atoms with Crippen LogP contribution in [0.25, 0.3) is 11.0 Å². The Kier molecular flexibility index (Phi) is 5.47. The van der Waals surface area contributed by atoms with Crippen molar-refractivity contribution >= 4 is 29.0 Å². The third kappa shape index (κ3) is 3.68. The van der Waals surface area contributed by atoms with Gasteiger partial charge in [0.05, 0.1) is 17.6 Å². The van der Waals surface area contributed by atoms with E-state index in [4.69, 9.17) is 0 Å². The number of rotatable bonds is 5. The number of H-pyrrole nitrogens is 1. The summed E-state index contributed by atoms with van der Waals surface area (Å²) in [5, 5.41) is 21.7. The molecule has 0 fully saturated rings. The summed E-state index contributed by atoms with van der Waals surface area (Å²) in [5.41, 5.74) is 1.60. The maximum absolute atomic E-state index is 13.4. The highest BCUT2D eigenvalue weighted by Gasteiger charge is 2.49. The molecule has 0 spiro atoms. The Morgan fingerprint density at radius 1 is 1.11 bits per heavy atom. The zero-order valence-electron chi connectivity index (χ0n) is 18.9. The molecule has 0 bridgehead atoms. The molecule has 2 amide bonds. The van der Waals surface area contributed by atoms with E-state index in [-0.39, 0.29) is 24.9 Å². The van der Waals surface area contributed by atoms with Gasteiger partial charge in [-0.1, -0.05) is 60.5 Å². The molecule has 8 heteroatoms. The number of carboxylic acid groups (broad SMARTS) is 1. The molecule has 5 rings (SSSR count). The van der Waals surface area contributed by atoms with E-state index in [2.05, 4.69) is 21.8 Å². The van der Waals surface area contributed by atoms with Gasteiger partial charge >= 0.3 is 6.09 Å². The zero-order valence-corrected chi connectivity index (χ0v) is 18.9. The van der Waals surface area contributed by atoms with Crippen LogP contribution >= 0.6 is 0 Å². The summed E-state index contributed by atoms with van der Waals surface area (Å²) in [6.45, 7) is 1.81. The first-order valence-corrected chi connectivity index (χ1v) is 11.0. The van der Waals surface area contributed by atoms with E-state index in [0.717, 1.165) is 10.5 Å². The molecule has 1 atom stereocenters.